The highest BCUT2D eigenvalue weighted by molar-refractivity contribution is 7.99. The number of fused-ring (bicyclic) bond motifs is 5. The van der Waals surface area contributed by atoms with Crippen LogP contribution in [-0.4, -0.2) is 32.0 Å². The van der Waals surface area contributed by atoms with Crippen molar-refractivity contribution in [2.45, 2.75) is 51.1 Å². The van der Waals surface area contributed by atoms with Gasteiger partial charge in [-0.05, 0) is 67.9 Å². The quantitative estimate of drug-likeness (QED) is 0.379. The Bertz CT molecular complexity index is 1300. The number of methoxy groups -OCH3 is 1. The number of nitrogens with zero attached hydrogens (tertiary/aromatic N) is 4. The number of thioether (sulfide) groups is 1. The van der Waals surface area contributed by atoms with E-state index < -0.39 is 0 Å². The van der Waals surface area contributed by atoms with E-state index in [9.17, 15) is 4.79 Å². The Morgan fingerprint density at radius 1 is 1.16 bits per heavy atom. The fourth-order valence-corrected chi connectivity index (χ4v) is 6.77. The van der Waals surface area contributed by atoms with E-state index in [1.807, 2.05) is 24.3 Å². The molecule has 3 aromatic heterocycles. The average molecular weight is 455 g/mol. The van der Waals surface area contributed by atoms with Gasteiger partial charge in [0.05, 0.1) is 18.2 Å². The maximum Gasteiger partial charge on any atom is 0.268 e. The van der Waals surface area contributed by atoms with Gasteiger partial charge < -0.3 is 4.74 Å². The molecule has 0 N–H and O–H groups in total. The Kier molecular flexibility index (Phi) is 5.52. The molecule has 3 heterocycles. The van der Waals surface area contributed by atoms with E-state index in [0.29, 0.717) is 11.7 Å². The van der Waals surface area contributed by atoms with E-state index in [1.165, 1.54) is 16.9 Å². The number of aryl methyl sites for hydroxylation is 2. The van der Waals surface area contributed by atoms with Gasteiger partial charge in [0.2, 0.25) is 5.78 Å². The van der Waals surface area contributed by atoms with Gasteiger partial charge in [-0.15, -0.1) is 21.5 Å². The van der Waals surface area contributed by atoms with Crippen molar-refractivity contribution in [1.82, 2.24) is 19.2 Å². The summed E-state index contributed by atoms with van der Waals surface area (Å²) in [6.07, 6.45) is 5.46. The lowest BCUT2D eigenvalue weighted by Crippen LogP contribution is -2.22. The molecule has 0 saturated heterocycles. The highest BCUT2D eigenvalue weighted by atomic mass is 32.2. The van der Waals surface area contributed by atoms with Crippen LogP contribution in [0.25, 0.3) is 21.7 Å². The Hall–Kier alpha value is -2.32. The maximum atomic E-state index is 13.8. The van der Waals surface area contributed by atoms with E-state index in [2.05, 4.69) is 28.4 Å². The van der Waals surface area contributed by atoms with Crippen molar-refractivity contribution in [2.24, 2.45) is 5.92 Å². The monoisotopic (exact) mass is 454 g/mol. The molecule has 1 aromatic carbocycles. The van der Waals surface area contributed by atoms with Crippen LogP contribution in [0.15, 0.2) is 34.2 Å². The van der Waals surface area contributed by atoms with Crippen LogP contribution in [0.4, 0.5) is 0 Å². The van der Waals surface area contributed by atoms with Crippen molar-refractivity contribution in [3.8, 4) is 11.4 Å². The van der Waals surface area contributed by atoms with Gasteiger partial charge in [0, 0.05) is 10.6 Å². The highest BCUT2D eigenvalue weighted by Crippen LogP contribution is 2.36. The number of hydrogen-bond acceptors (Lipinski definition) is 6. The summed E-state index contributed by atoms with van der Waals surface area (Å²) in [6.45, 7) is 4.46. The van der Waals surface area contributed by atoms with Gasteiger partial charge in [-0.2, -0.15) is 0 Å². The van der Waals surface area contributed by atoms with Gasteiger partial charge in [0.25, 0.3) is 5.56 Å². The Labute approximate surface area is 189 Å². The van der Waals surface area contributed by atoms with Crippen LogP contribution in [0.5, 0.6) is 5.75 Å². The predicted octanol–water partition coefficient (Wildman–Crippen LogP) is 5.12. The summed E-state index contributed by atoms with van der Waals surface area (Å²) in [5, 5.41) is 10.7. The number of benzene rings is 1. The number of thiophene rings is 1. The van der Waals surface area contributed by atoms with E-state index in [-0.39, 0.29) is 5.56 Å². The molecule has 1 aliphatic rings. The van der Waals surface area contributed by atoms with Crippen LogP contribution >= 0.6 is 23.1 Å². The molecule has 0 saturated carbocycles. The topological polar surface area (TPSA) is 61.4 Å². The molecule has 31 heavy (non-hydrogen) atoms. The minimum atomic E-state index is -0.00167. The number of rotatable bonds is 6. The molecule has 0 spiro atoms. The first kappa shape index (κ1) is 20.6. The number of aromatic nitrogens is 4. The van der Waals surface area contributed by atoms with Crippen LogP contribution in [-0.2, 0) is 12.8 Å². The summed E-state index contributed by atoms with van der Waals surface area (Å²) in [4.78, 5) is 16.1. The second kappa shape index (κ2) is 8.31. The standard InChI is InChI=1S/C23H26N4O2S2/c1-14(2)12-13-30-23-25-24-22-26(15-8-10-16(29-3)11-9-15)20(28)19-17-6-4-5-7-18(17)31-21(19)27(22)23/h8-11,14H,4-7,12-13H2,1-3H3. The van der Waals surface area contributed by atoms with E-state index >= 15 is 0 Å². The van der Waals surface area contributed by atoms with E-state index in [4.69, 9.17) is 4.74 Å². The van der Waals surface area contributed by atoms with Crippen LogP contribution < -0.4 is 10.3 Å². The molecule has 0 aliphatic heterocycles. The Balaban J connectivity index is 1.77. The average Bonchev–Trinajstić information content (AvgIpc) is 3.36. The molecular formula is C23H26N4O2S2. The van der Waals surface area contributed by atoms with Crippen molar-refractivity contribution in [2.75, 3.05) is 12.9 Å². The summed E-state index contributed by atoms with van der Waals surface area (Å²) >= 11 is 3.47. The first-order chi connectivity index (χ1) is 15.1. The summed E-state index contributed by atoms with van der Waals surface area (Å²) in [5.41, 5.74) is 2.00. The SMILES string of the molecule is COc1ccc(-n2c(=O)c3c4c(sc3n3c(SCCC(C)C)nnc23)CCCC4)cc1. The fourth-order valence-electron chi connectivity index (χ4n) is 4.16. The smallest absolute Gasteiger partial charge is 0.268 e. The summed E-state index contributed by atoms with van der Waals surface area (Å²) in [5.74, 6) is 2.95. The van der Waals surface area contributed by atoms with Crippen molar-refractivity contribution in [1.29, 1.82) is 0 Å². The predicted molar refractivity (Wildman–Crippen MR) is 127 cm³/mol. The van der Waals surface area contributed by atoms with Crippen molar-refractivity contribution >= 4 is 39.1 Å². The number of hydrogen-bond donors (Lipinski definition) is 0. The largest absolute Gasteiger partial charge is 0.497 e. The molecule has 6 nitrogen and oxygen atoms in total. The summed E-state index contributed by atoms with van der Waals surface area (Å²) in [7, 11) is 1.64. The van der Waals surface area contributed by atoms with Gasteiger partial charge in [0.1, 0.15) is 10.6 Å². The third kappa shape index (κ3) is 3.55. The van der Waals surface area contributed by atoms with E-state index in [1.54, 1.807) is 34.8 Å². The normalized spacial score (nSPS) is 13.9. The third-order valence-corrected chi connectivity index (χ3v) is 8.09. The zero-order chi connectivity index (χ0) is 21.5. The highest BCUT2D eigenvalue weighted by Gasteiger charge is 2.25. The zero-order valence-electron chi connectivity index (χ0n) is 18.1. The molecule has 0 bridgehead atoms. The fraction of sp³-hybridized carbons (Fsp3) is 0.435. The maximum absolute atomic E-state index is 13.8. The second-order valence-electron chi connectivity index (χ2n) is 8.38. The van der Waals surface area contributed by atoms with Crippen molar-refractivity contribution < 1.29 is 4.74 Å². The van der Waals surface area contributed by atoms with Crippen LogP contribution in [0.2, 0.25) is 0 Å². The molecule has 8 heteroatoms. The lowest BCUT2D eigenvalue weighted by Gasteiger charge is -2.12. The molecule has 162 valence electrons. The molecule has 0 fully saturated rings. The Morgan fingerprint density at radius 2 is 1.94 bits per heavy atom. The van der Waals surface area contributed by atoms with Gasteiger partial charge in [-0.1, -0.05) is 25.6 Å². The lowest BCUT2D eigenvalue weighted by atomic mass is 9.97. The van der Waals surface area contributed by atoms with Gasteiger partial charge in [0.15, 0.2) is 5.16 Å². The van der Waals surface area contributed by atoms with Crippen LogP contribution in [0.1, 0.15) is 43.6 Å². The second-order valence-corrected chi connectivity index (χ2v) is 10.5. The molecule has 1 aliphatic carbocycles. The third-order valence-electron chi connectivity index (χ3n) is 5.85. The summed E-state index contributed by atoms with van der Waals surface area (Å²) < 4.78 is 9.12. The van der Waals surface area contributed by atoms with Crippen molar-refractivity contribution in [3.63, 3.8) is 0 Å². The molecule has 0 unspecified atom stereocenters. The summed E-state index contributed by atoms with van der Waals surface area (Å²) in [6, 6.07) is 7.57. The Morgan fingerprint density at radius 3 is 2.68 bits per heavy atom. The van der Waals surface area contributed by atoms with Crippen molar-refractivity contribution in [3.05, 3.63) is 45.1 Å². The van der Waals surface area contributed by atoms with E-state index in [0.717, 1.165) is 58.2 Å². The molecule has 0 atom stereocenters. The molecule has 0 radical (unpaired) electrons. The number of ether oxygens (including phenoxy) is 1. The van der Waals surface area contributed by atoms with Gasteiger partial charge >= 0.3 is 0 Å². The van der Waals surface area contributed by atoms with Gasteiger partial charge in [-0.25, -0.2) is 8.97 Å². The lowest BCUT2D eigenvalue weighted by molar-refractivity contribution is 0.414. The molecular weight excluding hydrogens is 428 g/mol. The minimum Gasteiger partial charge on any atom is -0.497 e. The van der Waals surface area contributed by atoms with Crippen LogP contribution in [0, 0.1) is 5.92 Å². The molecule has 5 rings (SSSR count). The molecule has 4 aromatic rings. The molecule has 0 amide bonds. The first-order valence-corrected chi connectivity index (χ1v) is 12.6. The van der Waals surface area contributed by atoms with Crippen LogP contribution in [0.3, 0.4) is 0 Å². The van der Waals surface area contributed by atoms with Gasteiger partial charge in [-0.3, -0.25) is 4.79 Å². The minimum absolute atomic E-state index is 0.00167. The first-order valence-electron chi connectivity index (χ1n) is 10.8. The zero-order valence-corrected chi connectivity index (χ0v) is 19.7.